The van der Waals surface area contributed by atoms with Crippen LogP contribution >= 0.6 is 0 Å². The molecule has 0 rings (SSSR count). The van der Waals surface area contributed by atoms with Crippen LogP contribution < -0.4 is 0 Å². The predicted molar refractivity (Wildman–Crippen MR) is 46.4 cm³/mol. The molecule has 0 heterocycles. The highest BCUT2D eigenvalue weighted by molar-refractivity contribution is 4.60. The van der Waals surface area contributed by atoms with Crippen molar-refractivity contribution in [1.82, 2.24) is 4.90 Å². The molecule has 4 heteroatoms. The summed E-state index contributed by atoms with van der Waals surface area (Å²) < 4.78 is 0. The lowest BCUT2D eigenvalue weighted by Gasteiger charge is -2.25. The van der Waals surface area contributed by atoms with Crippen LogP contribution in [-0.4, -0.2) is 45.8 Å². The minimum Gasteiger partial charge on any atom is -0.343 e. The molecule has 0 saturated heterocycles. The first-order valence-corrected chi connectivity index (χ1v) is 4.39. The minimum atomic E-state index is -2.55. The van der Waals surface area contributed by atoms with Crippen LogP contribution in [0.15, 0.2) is 0 Å². The summed E-state index contributed by atoms with van der Waals surface area (Å²) in [5.41, 5.74) is 0. The monoisotopic (exact) mass is 177 g/mol. The van der Waals surface area contributed by atoms with Crippen LogP contribution in [0.1, 0.15) is 26.7 Å². The molecule has 0 aliphatic heterocycles. The summed E-state index contributed by atoms with van der Waals surface area (Å²) in [6.45, 7) is 5.47. The number of rotatable bonds is 6. The van der Waals surface area contributed by atoms with E-state index in [9.17, 15) is 0 Å². The Balaban J connectivity index is 3.77. The molecule has 12 heavy (non-hydrogen) atoms. The molecule has 0 aromatic carbocycles. The molecule has 0 amide bonds. The van der Waals surface area contributed by atoms with Gasteiger partial charge < -0.3 is 15.3 Å². The van der Waals surface area contributed by atoms with E-state index in [2.05, 4.69) is 0 Å². The van der Waals surface area contributed by atoms with Crippen LogP contribution in [0.5, 0.6) is 0 Å². The van der Waals surface area contributed by atoms with E-state index >= 15 is 0 Å². The third-order valence-electron chi connectivity index (χ3n) is 1.52. The van der Waals surface area contributed by atoms with Crippen molar-refractivity contribution < 1.29 is 15.3 Å². The van der Waals surface area contributed by atoms with Crippen molar-refractivity contribution in [3.05, 3.63) is 0 Å². The Morgan fingerprint density at radius 2 is 1.42 bits per heavy atom. The summed E-state index contributed by atoms with van der Waals surface area (Å²) in [5.74, 6) is -2.55. The topological polar surface area (TPSA) is 63.9 Å². The van der Waals surface area contributed by atoms with E-state index in [0.717, 1.165) is 25.9 Å². The van der Waals surface area contributed by atoms with E-state index in [0.29, 0.717) is 0 Å². The van der Waals surface area contributed by atoms with Gasteiger partial charge in [0.25, 0.3) is 5.97 Å². The zero-order chi connectivity index (χ0) is 9.61. The van der Waals surface area contributed by atoms with Gasteiger partial charge in [0, 0.05) is 0 Å². The largest absolute Gasteiger partial charge is 0.343 e. The summed E-state index contributed by atoms with van der Waals surface area (Å²) in [5, 5.41) is 26.1. The predicted octanol–water partition coefficient (Wildman–Crippen LogP) is -0.261. The van der Waals surface area contributed by atoms with Crippen molar-refractivity contribution in [2.45, 2.75) is 32.7 Å². The average Bonchev–Trinajstić information content (AvgIpc) is 1.84. The Morgan fingerprint density at radius 1 is 1.00 bits per heavy atom. The normalized spacial score (nSPS) is 12.5. The van der Waals surface area contributed by atoms with Crippen LogP contribution in [0, 0.1) is 0 Å². The molecule has 0 spiro atoms. The molecule has 0 saturated carbocycles. The van der Waals surface area contributed by atoms with E-state index in [-0.39, 0.29) is 6.54 Å². The molecule has 0 bridgehead atoms. The highest BCUT2D eigenvalue weighted by atomic mass is 16.7. The second-order valence-corrected chi connectivity index (χ2v) is 3.05. The third-order valence-corrected chi connectivity index (χ3v) is 1.52. The van der Waals surface area contributed by atoms with Gasteiger partial charge in [-0.2, -0.15) is 0 Å². The number of hydrogen-bond donors (Lipinski definition) is 3. The molecule has 0 atom stereocenters. The van der Waals surface area contributed by atoms with Crippen molar-refractivity contribution in [1.29, 1.82) is 0 Å². The van der Waals surface area contributed by atoms with Crippen LogP contribution in [-0.2, 0) is 0 Å². The fraction of sp³-hybridized carbons (Fsp3) is 1.00. The fourth-order valence-corrected chi connectivity index (χ4v) is 1.20. The van der Waals surface area contributed by atoms with Crippen LogP contribution in [0.4, 0.5) is 0 Å². The molecule has 0 aromatic heterocycles. The number of hydrogen-bond acceptors (Lipinski definition) is 4. The van der Waals surface area contributed by atoms with Gasteiger partial charge in [0.1, 0.15) is 0 Å². The van der Waals surface area contributed by atoms with Gasteiger partial charge >= 0.3 is 0 Å². The SMILES string of the molecule is CCCN(CCC)CC(O)(O)O. The quantitative estimate of drug-likeness (QED) is 0.489. The van der Waals surface area contributed by atoms with Crippen LogP contribution in [0.3, 0.4) is 0 Å². The standard InChI is InChI=1S/C8H19NO3/c1-3-5-9(6-4-2)7-8(10,11)12/h10-12H,3-7H2,1-2H3. The van der Waals surface area contributed by atoms with E-state index in [1.54, 1.807) is 0 Å². The first-order chi connectivity index (χ1) is 5.49. The molecule has 4 nitrogen and oxygen atoms in total. The van der Waals surface area contributed by atoms with Crippen LogP contribution in [0.25, 0.3) is 0 Å². The molecule has 0 aromatic rings. The maximum atomic E-state index is 8.71. The number of nitrogens with zero attached hydrogens (tertiary/aromatic N) is 1. The minimum absolute atomic E-state index is 0.103. The Bertz CT molecular complexity index is 105. The van der Waals surface area contributed by atoms with Gasteiger partial charge in [0.05, 0.1) is 6.54 Å². The third kappa shape index (κ3) is 6.54. The summed E-state index contributed by atoms with van der Waals surface area (Å²) in [6.07, 6.45) is 1.88. The Labute approximate surface area is 73.4 Å². The highest BCUT2D eigenvalue weighted by Crippen LogP contribution is 2.00. The van der Waals surface area contributed by atoms with E-state index in [1.807, 2.05) is 18.7 Å². The molecule has 74 valence electrons. The summed E-state index contributed by atoms with van der Waals surface area (Å²) in [4.78, 5) is 1.82. The molecule has 0 radical (unpaired) electrons. The second kappa shape index (κ2) is 5.48. The summed E-state index contributed by atoms with van der Waals surface area (Å²) in [7, 11) is 0. The van der Waals surface area contributed by atoms with Gasteiger partial charge in [-0.1, -0.05) is 13.8 Å². The van der Waals surface area contributed by atoms with Crippen LogP contribution in [0.2, 0.25) is 0 Å². The molecule has 3 N–H and O–H groups in total. The average molecular weight is 177 g/mol. The van der Waals surface area contributed by atoms with Gasteiger partial charge in [-0.05, 0) is 25.9 Å². The van der Waals surface area contributed by atoms with Crippen molar-refractivity contribution in [3.63, 3.8) is 0 Å². The fourth-order valence-electron chi connectivity index (χ4n) is 1.20. The van der Waals surface area contributed by atoms with Gasteiger partial charge in [-0.25, -0.2) is 0 Å². The Hall–Kier alpha value is -0.160. The van der Waals surface area contributed by atoms with Gasteiger partial charge in [0.15, 0.2) is 0 Å². The first kappa shape index (κ1) is 11.8. The molecule has 0 fully saturated rings. The Morgan fingerprint density at radius 3 is 1.67 bits per heavy atom. The van der Waals surface area contributed by atoms with Gasteiger partial charge in [0.2, 0.25) is 0 Å². The lowest BCUT2D eigenvalue weighted by atomic mass is 10.3. The highest BCUT2D eigenvalue weighted by Gasteiger charge is 2.21. The van der Waals surface area contributed by atoms with Crippen molar-refractivity contribution in [3.8, 4) is 0 Å². The summed E-state index contributed by atoms with van der Waals surface area (Å²) in [6, 6.07) is 0. The zero-order valence-corrected chi connectivity index (χ0v) is 7.82. The molecular formula is C8H19NO3. The van der Waals surface area contributed by atoms with E-state index in [1.165, 1.54) is 0 Å². The molecular weight excluding hydrogens is 158 g/mol. The lowest BCUT2D eigenvalue weighted by molar-refractivity contribution is -0.317. The van der Waals surface area contributed by atoms with E-state index < -0.39 is 5.97 Å². The molecule has 0 aliphatic rings. The van der Waals surface area contributed by atoms with Crippen molar-refractivity contribution in [2.24, 2.45) is 0 Å². The Kier molecular flexibility index (Phi) is 5.41. The first-order valence-electron chi connectivity index (χ1n) is 4.39. The van der Waals surface area contributed by atoms with Crippen molar-refractivity contribution >= 4 is 0 Å². The number of aliphatic hydroxyl groups is 3. The van der Waals surface area contributed by atoms with Crippen molar-refractivity contribution in [2.75, 3.05) is 19.6 Å². The van der Waals surface area contributed by atoms with Gasteiger partial charge in [-0.3, -0.25) is 4.90 Å². The smallest absolute Gasteiger partial charge is 0.288 e. The lowest BCUT2D eigenvalue weighted by Crippen LogP contribution is -2.43. The molecule has 0 aliphatic carbocycles. The van der Waals surface area contributed by atoms with E-state index in [4.69, 9.17) is 15.3 Å². The summed E-state index contributed by atoms with van der Waals surface area (Å²) >= 11 is 0. The maximum absolute atomic E-state index is 8.71. The second-order valence-electron chi connectivity index (χ2n) is 3.05. The van der Waals surface area contributed by atoms with Gasteiger partial charge in [-0.15, -0.1) is 0 Å². The maximum Gasteiger partial charge on any atom is 0.288 e. The zero-order valence-electron chi connectivity index (χ0n) is 7.82. The molecule has 0 unspecified atom stereocenters.